The number of aromatic nitrogens is 1. The second-order valence-electron chi connectivity index (χ2n) is 11.6. The first-order valence-electron chi connectivity index (χ1n) is 13.2. The maximum atomic E-state index is 15.0. The van der Waals surface area contributed by atoms with E-state index in [1.54, 1.807) is 39.1 Å². The summed E-state index contributed by atoms with van der Waals surface area (Å²) in [7, 11) is 1.53. The van der Waals surface area contributed by atoms with Crippen LogP contribution < -0.4 is 11.1 Å². The third kappa shape index (κ3) is 6.50. The molecule has 1 aromatic heterocycles. The van der Waals surface area contributed by atoms with E-state index >= 15 is 4.39 Å². The van der Waals surface area contributed by atoms with E-state index in [1.165, 1.54) is 30.9 Å². The van der Waals surface area contributed by atoms with Crippen molar-refractivity contribution in [2.75, 3.05) is 19.0 Å². The standard InChI is InChI=1S/C29H39FN4O4/c1-18-14-21(11-13-32-18)29(31,12-10-19-6-7-19)20-8-9-23(30)24(15-20)33-26(35)25-16-22(37-5)17-34(25)27(36)38-28(2,3)4/h8-9,11,13-15,19,22,25H,6-7,10,12,16-17,31H2,1-5H3,(H,33,35)/t22-,25-,29?/m1/s1. The molecule has 9 heteroatoms. The smallest absolute Gasteiger partial charge is 0.411 e. The van der Waals surface area contributed by atoms with E-state index in [2.05, 4.69) is 10.3 Å². The second kappa shape index (κ2) is 11.0. The largest absolute Gasteiger partial charge is 0.444 e. The zero-order valence-electron chi connectivity index (χ0n) is 22.9. The van der Waals surface area contributed by atoms with Crippen LogP contribution in [0.3, 0.4) is 0 Å². The summed E-state index contributed by atoms with van der Waals surface area (Å²) in [5.74, 6) is -0.426. The average molecular weight is 527 g/mol. The van der Waals surface area contributed by atoms with Gasteiger partial charge in [-0.15, -0.1) is 0 Å². The maximum absolute atomic E-state index is 15.0. The third-order valence-electron chi connectivity index (χ3n) is 7.32. The Hall–Kier alpha value is -3.04. The Morgan fingerprint density at radius 1 is 1.18 bits per heavy atom. The summed E-state index contributed by atoms with van der Waals surface area (Å²) >= 11 is 0. The summed E-state index contributed by atoms with van der Waals surface area (Å²) in [5.41, 5.74) is 7.92. The van der Waals surface area contributed by atoms with Gasteiger partial charge in [-0.05, 0) is 81.8 Å². The third-order valence-corrected chi connectivity index (χ3v) is 7.32. The maximum Gasteiger partial charge on any atom is 0.411 e. The molecule has 8 nitrogen and oxygen atoms in total. The zero-order valence-corrected chi connectivity index (χ0v) is 22.9. The van der Waals surface area contributed by atoms with E-state index in [1.807, 2.05) is 19.1 Å². The molecular formula is C29H39FN4O4. The van der Waals surface area contributed by atoms with E-state index in [9.17, 15) is 9.59 Å². The van der Waals surface area contributed by atoms with Crippen molar-refractivity contribution >= 4 is 17.7 Å². The van der Waals surface area contributed by atoms with Gasteiger partial charge in [0.15, 0.2) is 0 Å². The lowest BCUT2D eigenvalue weighted by Gasteiger charge is -2.32. The highest BCUT2D eigenvalue weighted by Gasteiger charge is 2.42. The number of hydrogen-bond acceptors (Lipinski definition) is 6. The van der Waals surface area contributed by atoms with Crippen molar-refractivity contribution in [1.82, 2.24) is 9.88 Å². The Balaban J connectivity index is 1.60. The minimum Gasteiger partial charge on any atom is -0.444 e. The van der Waals surface area contributed by atoms with Gasteiger partial charge in [0.25, 0.3) is 0 Å². The molecule has 3 atom stereocenters. The van der Waals surface area contributed by atoms with Gasteiger partial charge < -0.3 is 20.5 Å². The number of likely N-dealkylation sites (tertiary alicyclic amines) is 1. The number of halogens is 1. The summed E-state index contributed by atoms with van der Waals surface area (Å²) in [6, 6.07) is 7.60. The van der Waals surface area contributed by atoms with E-state index < -0.39 is 35.0 Å². The van der Waals surface area contributed by atoms with Crippen molar-refractivity contribution in [2.24, 2.45) is 11.7 Å². The first kappa shape index (κ1) is 28.0. The number of carbonyl (C=O) groups excluding carboxylic acids is 2. The summed E-state index contributed by atoms with van der Waals surface area (Å²) < 4.78 is 25.9. The molecule has 1 saturated carbocycles. The lowest BCUT2D eigenvalue weighted by molar-refractivity contribution is -0.120. The van der Waals surface area contributed by atoms with Gasteiger partial charge in [0.2, 0.25) is 5.91 Å². The molecule has 2 aliphatic rings. The molecule has 4 rings (SSSR count). The van der Waals surface area contributed by atoms with Crippen molar-refractivity contribution in [3.8, 4) is 0 Å². The Bertz CT molecular complexity index is 1180. The van der Waals surface area contributed by atoms with Gasteiger partial charge in [-0.25, -0.2) is 9.18 Å². The lowest BCUT2D eigenvalue weighted by Crippen LogP contribution is -2.45. The van der Waals surface area contributed by atoms with Crippen molar-refractivity contribution in [1.29, 1.82) is 0 Å². The minimum atomic E-state index is -0.874. The Labute approximate surface area is 224 Å². The highest BCUT2D eigenvalue weighted by molar-refractivity contribution is 5.97. The number of aryl methyl sites for hydroxylation is 1. The molecule has 2 heterocycles. The highest BCUT2D eigenvalue weighted by atomic mass is 19.1. The number of ether oxygens (including phenoxy) is 2. The Kier molecular flexibility index (Phi) is 8.09. The van der Waals surface area contributed by atoms with Crippen LogP contribution in [-0.4, -0.2) is 53.3 Å². The topological polar surface area (TPSA) is 107 Å². The number of methoxy groups -OCH3 is 1. The number of nitrogens with one attached hydrogen (secondary N) is 1. The van der Waals surface area contributed by atoms with Gasteiger partial charge in [0.1, 0.15) is 17.5 Å². The van der Waals surface area contributed by atoms with Gasteiger partial charge in [-0.3, -0.25) is 14.7 Å². The van der Waals surface area contributed by atoms with Crippen LogP contribution in [0, 0.1) is 18.7 Å². The normalized spacial score (nSPS) is 21.2. The summed E-state index contributed by atoms with van der Waals surface area (Å²) in [4.78, 5) is 31.9. The molecule has 1 saturated heterocycles. The molecule has 2 fully saturated rings. The fourth-order valence-electron chi connectivity index (χ4n) is 4.97. The number of pyridine rings is 1. The van der Waals surface area contributed by atoms with Crippen molar-refractivity contribution in [3.05, 3.63) is 59.2 Å². The molecule has 0 radical (unpaired) electrons. The molecule has 2 aromatic rings. The predicted octanol–water partition coefficient (Wildman–Crippen LogP) is 4.88. The molecule has 0 bridgehead atoms. The second-order valence-corrected chi connectivity index (χ2v) is 11.6. The molecule has 2 amide bonds. The van der Waals surface area contributed by atoms with Gasteiger partial charge in [0.05, 0.1) is 23.9 Å². The summed E-state index contributed by atoms with van der Waals surface area (Å²) in [6.45, 7) is 7.40. The quantitative estimate of drug-likeness (QED) is 0.508. The molecule has 1 aliphatic carbocycles. The Morgan fingerprint density at radius 3 is 2.53 bits per heavy atom. The van der Waals surface area contributed by atoms with E-state index in [4.69, 9.17) is 15.2 Å². The van der Waals surface area contributed by atoms with Crippen molar-refractivity contribution < 1.29 is 23.5 Å². The fraction of sp³-hybridized carbons (Fsp3) is 0.552. The van der Waals surface area contributed by atoms with Crippen LogP contribution in [0.15, 0.2) is 36.5 Å². The first-order valence-corrected chi connectivity index (χ1v) is 13.2. The molecule has 38 heavy (non-hydrogen) atoms. The van der Waals surface area contributed by atoms with Gasteiger partial charge in [-0.2, -0.15) is 0 Å². The number of nitrogens with zero attached hydrogens (tertiary/aromatic N) is 2. The lowest BCUT2D eigenvalue weighted by atomic mass is 9.79. The minimum absolute atomic E-state index is 0.0181. The van der Waals surface area contributed by atoms with Crippen LogP contribution in [0.25, 0.3) is 0 Å². The van der Waals surface area contributed by atoms with Crippen LogP contribution >= 0.6 is 0 Å². The molecule has 1 unspecified atom stereocenters. The first-order chi connectivity index (χ1) is 17.9. The monoisotopic (exact) mass is 526 g/mol. The van der Waals surface area contributed by atoms with Crippen LogP contribution in [0.2, 0.25) is 0 Å². The van der Waals surface area contributed by atoms with E-state index in [0.29, 0.717) is 17.9 Å². The van der Waals surface area contributed by atoms with E-state index in [-0.39, 0.29) is 24.8 Å². The van der Waals surface area contributed by atoms with Crippen LogP contribution in [0.4, 0.5) is 14.9 Å². The number of rotatable bonds is 8. The Morgan fingerprint density at radius 2 is 1.89 bits per heavy atom. The summed E-state index contributed by atoms with van der Waals surface area (Å²) in [5, 5.41) is 2.71. The number of amides is 2. The average Bonchev–Trinajstić information content (AvgIpc) is 3.58. The van der Waals surface area contributed by atoms with Crippen LogP contribution in [-0.2, 0) is 19.8 Å². The summed E-state index contributed by atoms with van der Waals surface area (Å²) in [6.07, 6.45) is 5.12. The number of hydrogen-bond donors (Lipinski definition) is 2. The molecular weight excluding hydrogens is 487 g/mol. The SMILES string of the molecule is CO[C@@H]1C[C@H](C(=O)Nc2cc(C(N)(CCC3CC3)c3ccnc(C)c3)ccc2F)N(C(=O)OC(C)(C)C)C1. The number of anilines is 1. The van der Waals surface area contributed by atoms with Crippen molar-refractivity contribution in [2.45, 2.75) is 83.1 Å². The number of benzene rings is 1. The number of carbonyl (C=O) groups is 2. The zero-order chi connectivity index (χ0) is 27.7. The molecule has 1 aliphatic heterocycles. The van der Waals surface area contributed by atoms with Gasteiger partial charge >= 0.3 is 6.09 Å². The fourth-order valence-corrected chi connectivity index (χ4v) is 4.97. The van der Waals surface area contributed by atoms with Gasteiger partial charge in [0, 0.05) is 25.4 Å². The van der Waals surface area contributed by atoms with Crippen molar-refractivity contribution in [3.63, 3.8) is 0 Å². The van der Waals surface area contributed by atoms with Gasteiger partial charge in [-0.1, -0.05) is 18.9 Å². The predicted molar refractivity (Wildman–Crippen MR) is 143 cm³/mol. The van der Waals surface area contributed by atoms with E-state index in [0.717, 1.165) is 17.7 Å². The van der Waals surface area contributed by atoms with Crippen LogP contribution in [0.1, 0.15) is 69.7 Å². The highest BCUT2D eigenvalue weighted by Crippen LogP contribution is 2.40. The molecule has 0 spiro atoms. The molecule has 3 N–H and O–H groups in total. The molecule has 1 aromatic carbocycles. The van der Waals surface area contributed by atoms with Crippen LogP contribution in [0.5, 0.6) is 0 Å². The number of nitrogens with two attached hydrogens (primary N) is 1. The molecule has 206 valence electrons.